The van der Waals surface area contributed by atoms with Crippen LogP contribution >= 0.6 is 0 Å². The van der Waals surface area contributed by atoms with Gasteiger partial charge in [-0.3, -0.25) is 9.59 Å². The fraction of sp³-hybridized carbons (Fsp3) is 0.529. The molecule has 5 nitrogen and oxygen atoms in total. The molecule has 1 aliphatic rings. The summed E-state index contributed by atoms with van der Waals surface area (Å²) >= 11 is 0. The Morgan fingerprint density at radius 3 is 2.68 bits per heavy atom. The average molecular weight is 304 g/mol. The van der Waals surface area contributed by atoms with E-state index < -0.39 is 12.1 Å². The van der Waals surface area contributed by atoms with Crippen molar-refractivity contribution in [3.63, 3.8) is 0 Å². The number of nitrogens with zero attached hydrogens (tertiary/aromatic N) is 1. The molecule has 5 heteroatoms. The molecule has 0 aliphatic carbocycles. The number of aliphatic hydroxyl groups excluding tert-OH is 1. The first-order valence-electron chi connectivity index (χ1n) is 7.90. The Hall–Kier alpha value is -1.88. The zero-order chi connectivity index (χ0) is 15.9. The maximum atomic E-state index is 12.6. The van der Waals surface area contributed by atoms with Crippen molar-refractivity contribution < 1.29 is 14.7 Å². The molecule has 2 unspecified atom stereocenters. The molecule has 1 aromatic rings. The van der Waals surface area contributed by atoms with Crippen LogP contribution in [0.3, 0.4) is 0 Å². The largest absolute Gasteiger partial charge is 0.393 e. The van der Waals surface area contributed by atoms with Crippen molar-refractivity contribution in [2.45, 2.75) is 44.8 Å². The fourth-order valence-electron chi connectivity index (χ4n) is 2.71. The highest BCUT2D eigenvalue weighted by Crippen LogP contribution is 2.25. The number of piperidine rings is 1. The number of amides is 2. The van der Waals surface area contributed by atoms with Gasteiger partial charge in [0.2, 0.25) is 11.8 Å². The van der Waals surface area contributed by atoms with E-state index in [9.17, 15) is 14.7 Å². The Bertz CT molecular complexity index is 502. The summed E-state index contributed by atoms with van der Waals surface area (Å²) in [7, 11) is 0. The summed E-state index contributed by atoms with van der Waals surface area (Å²) in [5.41, 5.74) is 0.826. The number of likely N-dealkylation sites (tertiary alicyclic amines) is 1. The van der Waals surface area contributed by atoms with E-state index in [1.54, 1.807) is 11.8 Å². The second kappa shape index (κ2) is 7.94. The van der Waals surface area contributed by atoms with Crippen LogP contribution in [0.2, 0.25) is 0 Å². The van der Waals surface area contributed by atoms with Gasteiger partial charge in [0.1, 0.15) is 6.04 Å². The monoisotopic (exact) mass is 304 g/mol. The summed E-state index contributed by atoms with van der Waals surface area (Å²) < 4.78 is 0. The number of nitrogens with one attached hydrogen (secondary N) is 1. The van der Waals surface area contributed by atoms with Gasteiger partial charge in [0.25, 0.3) is 0 Å². The van der Waals surface area contributed by atoms with Crippen LogP contribution < -0.4 is 5.32 Å². The quantitative estimate of drug-likeness (QED) is 0.839. The number of rotatable bonds is 6. The number of benzene rings is 1. The molecule has 0 spiro atoms. The molecule has 0 radical (unpaired) electrons. The zero-order valence-corrected chi connectivity index (χ0v) is 13.0. The van der Waals surface area contributed by atoms with E-state index in [0.717, 1.165) is 18.4 Å². The maximum absolute atomic E-state index is 12.6. The minimum absolute atomic E-state index is 0.0331. The Balaban J connectivity index is 2.14. The number of carbonyl (C=O) groups is 2. The van der Waals surface area contributed by atoms with Gasteiger partial charge < -0.3 is 15.3 Å². The van der Waals surface area contributed by atoms with Crippen LogP contribution in [0.15, 0.2) is 30.3 Å². The van der Waals surface area contributed by atoms with E-state index >= 15 is 0 Å². The molecule has 120 valence electrons. The van der Waals surface area contributed by atoms with Gasteiger partial charge in [-0.25, -0.2) is 0 Å². The Kier molecular flexibility index (Phi) is 5.95. The molecule has 1 aromatic carbocycles. The van der Waals surface area contributed by atoms with Crippen LogP contribution in [0.1, 0.15) is 44.2 Å². The highest BCUT2D eigenvalue weighted by molar-refractivity contribution is 5.89. The first-order chi connectivity index (χ1) is 10.6. The summed E-state index contributed by atoms with van der Waals surface area (Å²) in [4.78, 5) is 26.5. The minimum atomic E-state index is -0.581. The molecule has 0 aromatic heterocycles. The summed E-state index contributed by atoms with van der Waals surface area (Å²) in [5.74, 6) is -0.145. The summed E-state index contributed by atoms with van der Waals surface area (Å²) in [5, 5.41) is 12.1. The number of hydrogen-bond acceptors (Lipinski definition) is 3. The van der Waals surface area contributed by atoms with Gasteiger partial charge >= 0.3 is 0 Å². The predicted molar refractivity (Wildman–Crippen MR) is 84.1 cm³/mol. The minimum Gasteiger partial charge on any atom is -0.393 e. The molecule has 2 N–H and O–H groups in total. The van der Waals surface area contributed by atoms with Crippen LogP contribution in [0.4, 0.5) is 0 Å². The topological polar surface area (TPSA) is 69.6 Å². The van der Waals surface area contributed by atoms with Crippen molar-refractivity contribution >= 4 is 11.8 Å². The van der Waals surface area contributed by atoms with Crippen LogP contribution in [0.5, 0.6) is 0 Å². The molecule has 0 bridgehead atoms. The van der Waals surface area contributed by atoms with Crippen molar-refractivity contribution in [1.29, 1.82) is 0 Å². The van der Waals surface area contributed by atoms with Crippen molar-refractivity contribution in [2.24, 2.45) is 0 Å². The Morgan fingerprint density at radius 2 is 2.05 bits per heavy atom. The maximum Gasteiger partial charge on any atom is 0.247 e. The lowest BCUT2D eigenvalue weighted by Crippen LogP contribution is -2.46. The van der Waals surface area contributed by atoms with Crippen molar-refractivity contribution in [3.05, 3.63) is 35.9 Å². The lowest BCUT2D eigenvalue weighted by molar-refractivity contribution is -0.142. The number of carbonyl (C=O) groups excluding carboxylic acids is 2. The molecule has 1 heterocycles. The third-order valence-corrected chi connectivity index (χ3v) is 3.90. The van der Waals surface area contributed by atoms with Gasteiger partial charge in [-0.1, -0.05) is 30.3 Å². The van der Waals surface area contributed by atoms with Gasteiger partial charge in [-0.15, -0.1) is 0 Å². The zero-order valence-electron chi connectivity index (χ0n) is 13.0. The van der Waals surface area contributed by atoms with Crippen LogP contribution in [-0.2, 0) is 9.59 Å². The first-order valence-corrected chi connectivity index (χ1v) is 7.90. The van der Waals surface area contributed by atoms with Crippen LogP contribution in [0, 0.1) is 0 Å². The molecule has 0 saturated carbocycles. The van der Waals surface area contributed by atoms with Gasteiger partial charge in [-0.2, -0.15) is 0 Å². The molecule has 1 fully saturated rings. The van der Waals surface area contributed by atoms with E-state index in [1.165, 1.54) is 0 Å². The van der Waals surface area contributed by atoms with E-state index in [0.29, 0.717) is 25.9 Å². The molecule has 2 rings (SSSR count). The third-order valence-electron chi connectivity index (χ3n) is 3.90. The van der Waals surface area contributed by atoms with E-state index in [4.69, 9.17) is 0 Å². The molecular formula is C17H24N2O3. The second-order valence-electron chi connectivity index (χ2n) is 5.79. The fourth-order valence-corrected chi connectivity index (χ4v) is 2.71. The highest BCUT2D eigenvalue weighted by atomic mass is 16.3. The standard InChI is InChI=1S/C17H24N2O3/c1-13(20)10-11-18-17(22)16(14-7-3-2-4-8-14)19-12-6-5-9-15(19)21/h2-4,7-8,13,16,20H,5-6,9-12H2,1H3,(H,18,22). The number of hydrogen-bond donors (Lipinski definition) is 2. The molecular weight excluding hydrogens is 280 g/mol. The van der Waals surface area contributed by atoms with Crippen molar-refractivity contribution in [3.8, 4) is 0 Å². The normalized spacial score (nSPS) is 17.9. The van der Waals surface area contributed by atoms with Crippen molar-refractivity contribution in [2.75, 3.05) is 13.1 Å². The van der Waals surface area contributed by atoms with Gasteiger partial charge in [-0.05, 0) is 31.7 Å². The molecule has 2 atom stereocenters. The molecule has 2 amide bonds. The van der Waals surface area contributed by atoms with Gasteiger partial charge in [0.15, 0.2) is 0 Å². The molecule has 1 aliphatic heterocycles. The smallest absolute Gasteiger partial charge is 0.247 e. The first kappa shape index (κ1) is 16.5. The lowest BCUT2D eigenvalue weighted by Gasteiger charge is -2.34. The third kappa shape index (κ3) is 4.31. The molecule has 22 heavy (non-hydrogen) atoms. The lowest BCUT2D eigenvalue weighted by atomic mass is 10.0. The highest BCUT2D eigenvalue weighted by Gasteiger charge is 2.32. The SMILES string of the molecule is CC(O)CCNC(=O)C(c1ccccc1)N1CCCCC1=O. The predicted octanol–water partition coefficient (Wildman–Crippen LogP) is 1.63. The van der Waals surface area contributed by atoms with Gasteiger partial charge in [0.05, 0.1) is 6.10 Å². The second-order valence-corrected chi connectivity index (χ2v) is 5.79. The Morgan fingerprint density at radius 1 is 1.32 bits per heavy atom. The summed E-state index contributed by atoms with van der Waals surface area (Å²) in [6.07, 6.45) is 2.37. The van der Waals surface area contributed by atoms with E-state index in [2.05, 4.69) is 5.32 Å². The summed E-state index contributed by atoms with van der Waals surface area (Å²) in [6.45, 7) is 2.71. The van der Waals surface area contributed by atoms with Crippen molar-refractivity contribution in [1.82, 2.24) is 10.2 Å². The van der Waals surface area contributed by atoms with Crippen LogP contribution in [0.25, 0.3) is 0 Å². The van der Waals surface area contributed by atoms with E-state index in [-0.39, 0.29) is 11.8 Å². The van der Waals surface area contributed by atoms with Gasteiger partial charge in [0, 0.05) is 19.5 Å². The van der Waals surface area contributed by atoms with E-state index in [1.807, 2.05) is 30.3 Å². The van der Waals surface area contributed by atoms with Crippen LogP contribution in [-0.4, -0.2) is 41.0 Å². The number of aliphatic hydroxyl groups is 1. The average Bonchev–Trinajstić information content (AvgIpc) is 2.50. The Labute approximate surface area is 131 Å². The molecule has 1 saturated heterocycles. The summed E-state index contributed by atoms with van der Waals surface area (Å²) in [6, 6.07) is 8.81.